The van der Waals surface area contributed by atoms with Crippen molar-refractivity contribution >= 4 is 29.3 Å². The molecule has 0 radical (unpaired) electrons. The second kappa shape index (κ2) is 12.7. The highest BCUT2D eigenvalue weighted by Crippen LogP contribution is 2.31. The van der Waals surface area contributed by atoms with Gasteiger partial charge in [0.05, 0.1) is 16.4 Å². The highest BCUT2D eigenvalue weighted by Gasteiger charge is 2.24. The predicted molar refractivity (Wildman–Crippen MR) is 124 cm³/mol. The van der Waals surface area contributed by atoms with Crippen LogP contribution in [0, 0.1) is 16.0 Å². The third kappa shape index (κ3) is 8.49. The van der Waals surface area contributed by atoms with E-state index in [0.717, 1.165) is 44.5 Å². The third-order valence-corrected chi connectivity index (χ3v) is 6.33. The minimum Gasteiger partial charge on any atom is -0.355 e. The van der Waals surface area contributed by atoms with E-state index < -0.39 is 4.92 Å². The number of nitro groups is 1. The summed E-state index contributed by atoms with van der Waals surface area (Å²) in [5, 5.41) is 17.4. The Morgan fingerprint density at radius 1 is 1.29 bits per heavy atom. The van der Waals surface area contributed by atoms with Crippen molar-refractivity contribution in [2.75, 3.05) is 31.9 Å². The molecule has 0 bridgehead atoms. The Morgan fingerprint density at radius 2 is 2.00 bits per heavy atom. The van der Waals surface area contributed by atoms with Gasteiger partial charge in [0.2, 0.25) is 5.91 Å². The van der Waals surface area contributed by atoms with Gasteiger partial charge in [-0.3, -0.25) is 24.6 Å². The Balaban J connectivity index is 1.88. The monoisotopic (exact) mass is 450 g/mol. The van der Waals surface area contributed by atoms with E-state index in [4.69, 9.17) is 0 Å². The fraction of sp³-hybridized carbons (Fsp3) is 0.636. The molecule has 172 valence electrons. The van der Waals surface area contributed by atoms with Gasteiger partial charge in [0, 0.05) is 37.3 Å². The number of nitrogens with one attached hydrogen (secondary N) is 2. The number of carbonyl (C=O) groups excluding carboxylic acids is 2. The molecular weight excluding hydrogens is 416 g/mol. The van der Waals surface area contributed by atoms with Crippen LogP contribution in [0.3, 0.4) is 0 Å². The van der Waals surface area contributed by atoms with Crippen LogP contribution in [0.5, 0.6) is 0 Å². The van der Waals surface area contributed by atoms with Gasteiger partial charge in [0.15, 0.2) is 0 Å². The molecule has 1 aliphatic rings. The van der Waals surface area contributed by atoms with Gasteiger partial charge in [-0.05, 0) is 49.5 Å². The molecule has 1 aliphatic heterocycles. The van der Waals surface area contributed by atoms with Crippen molar-refractivity contribution in [2.45, 2.75) is 57.4 Å². The predicted octanol–water partition coefficient (Wildman–Crippen LogP) is 3.45. The number of likely N-dealkylation sites (tertiary alicyclic amines) is 1. The maximum atomic E-state index is 12.7. The zero-order chi connectivity index (χ0) is 22.8. The topological polar surface area (TPSA) is 105 Å². The van der Waals surface area contributed by atoms with Crippen LogP contribution in [0.1, 0.15) is 56.8 Å². The van der Waals surface area contributed by atoms with Gasteiger partial charge < -0.3 is 10.6 Å². The maximum absolute atomic E-state index is 12.7. The molecule has 0 atom stereocenters. The van der Waals surface area contributed by atoms with Gasteiger partial charge in [0.25, 0.3) is 11.6 Å². The molecule has 31 heavy (non-hydrogen) atoms. The van der Waals surface area contributed by atoms with Crippen molar-refractivity contribution in [1.29, 1.82) is 0 Å². The lowest BCUT2D eigenvalue weighted by Crippen LogP contribution is -2.47. The average Bonchev–Trinajstić information content (AvgIpc) is 2.73. The van der Waals surface area contributed by atoms with E-state index in [9.17, 15) is 19.7 Å². The van der Waals surface area contributed by atoms with Crippen LogP contribution in [0.25, 0.3) is 0 Å². The number of thioether (sulfide) groups is 1. The van der Waals surface area contributed by atoms with Gasteiger partial charge in [-0.1, -0.05) is 20.8 Å². The fourth-order valence-electron chi connectivity index (χ4n) is 3.36. The molecule has 0 aliphatic carbocycles. The molecule has 1 saturated heterocycles. The first-order valence-electron chi connectivity index (χ1n) is 11.0. The van der Waals surface area contributed by atoms with E-state index in [1.165, 1.54) is 17.8 Å². The SMILES string of the molecule is CCCNC(=O)CN1CCC(NC(=O)c2ccc(SCCC(C)C)c([N+](=O)[O-])c2)CC1. The summed E-state index contributed by atoms with van der Waals surface area (Å²) >= 11 is 1.46. The maximum Gasteiger partial charge on any atom is 0.283 e. The summed E-state index contributed by atoms with van der Waals surface area (Å²) in [5.74, 6) is 1.08. The van der Waals surface area contributed by atoms with E-state index in [1.807, 2.05) is 6.92 Å². The number of hydrogen-bond donors (Lipinski definition) is 2. The normalized spacial score (nSPS) is 15.1. The molecule has 9 heteroatoms. The van der Waals surface area contributed by atoms with Crippen molar-refractivity contribution in [2.24, 2.45) is 5.92 Å². The second-order valence-electron chi connectivity index (χ2n) is 8.34. The summed E-state index contributed by atoms with van der Waals surface area (Å²) < 4.78 is 0. The zero-order valence-corrected chi connectivity index (χ0v) is 19.5. The van der Waals surface area contributed by atoms with Gasteiger partial charge in [0.1, 0.15) is 0 Å². The first-order chi connectivity index (χ1) is 14.8. The standard InChI is InChI=1S/C22H34N4O4S/c1-4-10-23-21(27)15-25-11-7-18(8-12-25)24-22(28)17-5-6-20(19(14-17)26(29)30)31-13-9-16(2)3/h5-6,14,16,18H,4,7-13,15H2,1-3H3,(H,23,27)(H,24,28). The van der Waals surface area contributed by atoms with Crippen LogP contribution in [-0.4, -0.2) is 59.6 Å². The minimum atomic E-state index is -0.420. The van der Waals surface area contributed by atoms with Crippen molar-refractivity contribution in [3.05, 3.63) is 33.9 Å². The second-order valence-corrected chi connectivity index (χ2v) is 9.48. The lowest BCUT2D eigenvalue weighted by molar-refractivity contribution is -0.387. The lowest BCUT2D eigenvalue weighted by Gasteiger charge is -2.31. The molecule has 1 heterocycles. The molecule has 0 unspecified atom stereocenters. The van der Waals surface area contributed by atoms with Crippen molar-refractivity contribution in [3.63, 3.8) is 0 Å². The number of piperidine rings is 1. The van der Waals surface area contributed by atoms with E-state index in [2.05, 4.69) is 29.4 Å². The van der Waals surface area contributed by atoms with Crippen molar-refractivity contribution < 1.29 is 14.5 Å². The van der Waals surface area contributed by atoms with Crippen LogP contribution in [-0.2, 0) is 4.79 Å². The Labute approximate surface area is 188 Å². The van der Waals surface area contributed by atoms with E-state index in [1.54, 1.807) is 12.1 Å². The first kappa shape index (κ1) is 25.1. The summed E-state index contributed by atoms with van der Waals surface area (Å²) in [4.78, 5) is 38.3. The molecule has 0 aromatic heterocycles. The molecule has 2 N–H and O–H groups in total. The molecule has 2 rings (SSSR count). The summed E-state index contributed by atoms with van der Waals surface area (Å²) in [6, 6.07) is 4.71. The van der Waals surface area contributed by atoms with Gasteiger partial charge >= 0.3 is 0 Å². The summed E-state index contributed by atoms with van der Waals surface area (Å²) in [7, 11) is 0. The number of nitrogens with zero attached hydrogens (tertiary/aromatic N) is 2. The first-order valence-corrected chi connectivity index (χ1v) is 12.0. The quantitative estimate of drug-likeness (QED) is 0.304. The Morgan fingerprint density at radius 3 is 2.61 bits per heavy atom. The van der Waals surface area contributed by atoms with E-state index in [0.29, 0.717) is 29.5 Å². The van der Waals surface area contributed by atoms with Gasteiger partial charge in [-0.2, -0.15) is 0 Å². The van der Waals surface area contributed by atoms with Crippen molar-refractivity contribution in [1.82, 2.24) is 15.5 Å². The fourth-order valence-corrected chi connectivity index (χ4v) is 4.61. The van der Waals surface area contributed by atoms with Crippen LogP contribution >= 0.6 is 11.8 Å². The number of benzene rings is 1. The molecule has 1 aromatic carbocycles. The number of nitro benzene ring substituents is 1. The molecule has 1 fully saturated rings. The van der Waals surface area contributed by atoms with Crippen LogP contribution < -0.4 is 10.6 Å². The number of carbonyl (C=O) groups is 2. The Kier molecular flexibility index (Phi) is 10.3. The summed E-state index contributed by atoms with van der Waals surface area (Å²) in [5.41, 5.74) is 0.288. The summed E-state index contributed by atoms with van der Waals surface area (Å²) in [6.07, 6.45) is 3.38. The van der Waals surface area contributed by atoms with Gasteiger partial charge in [-0.15, -0.1) is 11.8 Å². The average molecular weight is 451 g/mol. The highest BCUT2D eigenvalue weighted by molar-refractivity contribution is 7.99. The molecule has 0 spiro atoms. The smallest absolute Gasteiger partial charge is 0.283 e. The Bertz CT molecular complexity index is 764. The largest absolute Gasteiger partial charge is 0.355 e. The Hall–Kier alpha value is -2.13. The number of amides is 2. The zero-order valence-electron chi connectivity index (χ0n) is 18.7. The highest BCUT2D eigenvalue weighted by atomic mass is 32.2. The number of hydrogen-bond acceptors (Lipinski definition) is 6. The molecule has 0 saturated carbocycles. The molecular formula is C22H34N4O4S. The van der Waals surface area contributed by atoms with Crippen LogP contribution in [0.15, 0.2) is 23.1 Å². The van der Waals surface area contributed by atoms with Crippen LogP contribution in [0.4, 0.5) is 5.69 Å². The van der Waals surface area contributed by atoms with Gasteiger partial charge in [-0.25, -0.2) is 0 Å². The minimum absolute atomic E-state index is 0.00148. The third-order valence-electron chi connectivity index (χ3n) is 5.23. The molecule has 1 aromatic rings. The van der Waals surface area contributed by atoms with Crippen LogP contribution in [0.2, 0.25) is 0 Å². The summed E-state index contributed by atoms with van der Waals surface area (Å²) in [6.45, 7) is 8.78. The number of rotatable bonds is 11. The van der Waals surface area contributed by atoms with E-state index >= 15 is 0 Å². The van der Waals surface area contributed by atoms with Crippen molar-refractivity contribution in [3.8, 4) is 0 Å². The lowest BCUT2D eigenvalue weighted by atomic mass is 10.0. The molecule has 8 nitrogen and oxygen atoms in total. The van der Waals surface area contributed by atoms with E-state index in [-0.39, 0.29) is 23.5 Å². The molecule has 2 amide bonds.